The van der Waals surface area contributed by atoms with Crippen molar-refractivity contribution >= 4 is 17.8 Å². The van der Waals surface area contributed by atoms with E-state index in [9.17, 15) is 18.8 Å². The van der Waals surface area contributed by atoms with Gasteiger partial charge in [0.05, 0.1) is 12.1 Å². The van der Waals surface area contributed by atoms with Crippen LogP contribution in [0.3, 0.4) is 0 Å². The van der Waals surface area contributed by atoms with E-state index >= 15 is 0 Å². The fraction of sp³-hybridized carbons (Fsp3) is 0.447. The number of alkyl carbamates (subject to hydrolysis) is 1. The molecule has 3 aromatic carbocycles. The smallest absolute Gasteiger partial charge is 0.407 e. The van der Waals surface area contributed by atoms with Crippen molar-refractivity contribution in [3.63, 3.8) is 0 Å². The molecule has 1 heterocycles. The van der Waals surface area contributed by atoms with Gasteiger partial charge in [0.2, 0.25) is 5.91 Å². The lowest BCUT2D eigenvalue weighted by Gasteiger charge is -2.43. The molecule has 0 saturated carbocycles. The largest absolute Gasteiger partial charge is 0.444 e. The number of carbonyl (C=O) groups is 3. The van der Waals surface area contributed by atoms with Gasteiger partial charge in [-0.2, -0.15) is 0 Å². The molecule has 0 saturated heterocycles. The van der Waals surface area contributed by atoms with Crippen molar-refractivity contribution in [2.45, 2.75) is 98.6 Å². The van der Waals surface area contributed by atoms with Crippen molar-refractivity contribution in [1.82, 2.24) is 15.1 Å². The first-order chi connectivity index (χ1) is 21.5. The molecule has 1 N–H and O–H groups in total. The summed E-state index contributed by atoms with van der Waals surface area (Å²) in [6, 6.07) is 20.5. The third kappa shape index (κ3) is 9.03. The summed E-state index contributed by atoms with van der Waals surface area (Å²) in [6.45, 7) is 16.5. The fourth-order valence-electron chi connectivity index (χ4n) is 5.79. The van der Waals surface area contributed by atoms with Crippen molar-refractivity contribution in [3.8, 4) is 0 Å². The molecule has 0 unspecified atom stereocenters. The van der Waals surface area contributed by atoms with E-state index in [0.29, 0.717) is 31.6 Å². The molecule has 246 valence electrons. The van der Waals surface area contributed by atoms with Gasteiger partial charge in [-0.25, -0.2) is 9.18 Å². The third-order valence-corrected chi connectivity index (χ3v) is 8.60. The fourth-order valence-corrected chi connectivity index (χ4v) is 5.79. The first kappa shape index (κ1) is 34.8. The highest BCUT2D eigenvalue weighted by Crippen LogP contribution is 2.31. The van der Waals surface area contributed by atoms with Gasteiger partial charge >= 0.3 is 6.09 Å². The predicted molar refractivity (Wildman–Crippen MR) is 179 cm³/mol. The van der Waals surface area contributed by atoms with Crippen LogP contribution in [0.4, 0.5) is 9.18 Å². The molecular formula is C38H48FN3O4. The SMILES string of the molecule is CC(=O)c1ccc(CN(C(=O)[C@@H]2Cc3ccccc3CN2C[C@@H](NC(=O)OC(C)(C)C)C(C)(C)C)[C@H](C)c2ccc(F)cc2)cc1. The van der Waals surface area contributed by atoms with Crippen molar-refractivity contribution in [3.05, 3.63) is 106 Å². The van der Waals surface area contributed by atoms with Gasteiger partial charge in [0.25, 0.3) is 0 Å². The van der Waals surface area contributed by atoms with Crippen LogP contribution in [0.2, 0.25) is 0 Å². The summed E-state index contributed by atoms with van der Waals surface area (Å²) in [5.41, 5.74) is 3.59. The van der Waals surface area contributed by atoms with Crippen LogP contribution in [-0.4, -0.2) is 51.8 Å². The van der Waals surface area contributed by atoms with Gasteiger partial charge in [0, 0.05) is 31.2 Å². The number of rotatable bonds is 9. The molecule has 0 bridgehead atoms. The summed E-state index contributed by atoms with van der Waals surface area (Å²) >= 11 is 0. The molecular weight excluding hydrogens is 581 g/mol. The first-order valence-corrected chi connectivity index (χ1v) is 16.0. The van der Waals surface area contributed by atoms with Crippen molar-refractivity contribution in [2.75, 3.05) is 6.54 Å². The van der Waals surface area contributed by atoms with Crippen LogP contribution >= 0.6 is 0 Å². The average molecular weight is 630 g/mol. The van der Waals surface area contributed by atoms with Crippen LogP contribution in [0.15, 0.2) is 72.8 Å². The summed E-state index contributed by atoms with van der Waals surface area (Å²) in [7, 11) is 0. The maximum atomic E-state index is 14.9. The predicted octanol–water partition coefficient (Wildman–Crippen LogP) is 7.48. The molecule has 0 fully saturated rings. The van der Waals surface area contributed by atoms with Gasteiger partial charge in [-0.3, -0.25) is 14.5 Å². The Balaban J connectivity index is 1.71. The lowest BCUT2D eigenvalue weighted by atomic mass is 9.84. The van der Waals surface area contributed by atoms with Crippen molar-refractivity contribution in [1.29, 1.82) is 0 Å². The second-order valence-corrected chi connectivity index (χ2v) is 14.4. The standard InChI is InChI=1S/C38H48FN3O4/c1-25(28-17-19-32(39)20-18-28)42(22-27-13-15-29(16-14-27)26(2)43)35(44)33-21-30-11-9-10-12-31(30)23-41(33)24-34(37(3,4)5)40-36(45)46-38(6,7)8/h9-20,25,33-34H,21-24H2,1-8H3,(H,40,45)/t25-,33+,34-/m1/s1. The van der Waals surface area contributed by atoms with Gasteiger partial charge in [-0.05, 0) is 80.8 Å². The topological polar surface area (TPSA) is 79.0 Å². The summed E-state index contributed by atoms with van der Waals surface area (Å²) in [6.07, 6.45) is 0.0158. The number of ether oxygens (including phenoxy) is 1. The third-order valence-electron chi connectivity index (χ3n) is 8.60. The molecule has 0 aromatic heterocycles. The van der Waals surface area contributed by atoms with E-state index in [0.717, 1.165) is 22.3 Å². The zero-order valence-corrected chi connectivity index (χ0v) is 28.4. The highest BCUT2D eigenvalue weighted by atomic mass is 19.1. The molecule has 3 aromatic rings. The highest BCUT2D eigenvalue weighted by molar-refractivity contribution is 5.94. The van der Waals surface area contributed by atoms with E-state index < -0.39 is 17.7 Å². The van der Waals surface area contributed by atoms with E-state index in [1.807, 2.05) is 56.9 Å². The molecule has 1 aliphatic rings. The minimum Gasteiger partial charge on any atom is -0.444 e. The Bertz CT molecular complexity index is 1520. The average Bonchev–Trinajstić information content (AvgIpc) is 2.97. The number of ketones is 1. The summed E-state index contributed by atoms with van der Waals surface area (Å²) in [5.74, 6) is -0.426. The second kappa shape index (κ2) is 14.2. The molecule has 0 aliphatic carbocycles. The maximum absolute atomic E-state index is 14.9. The molecule has 1 aliphatic heterocycles. The number of nitrogens with one attached hydrogen (secondary N) is 1. The number of halogens is 1. The highest BCUT2D eigenvalue weighted by Gasteiger charge is 2.39. The number of benzene rings is 3. The lowest BCUT2D eigenvalue weighted by molar-refractivity contribution is -0.141. The normalized spacial score (nSPS) is 16.6. The zero-order chi connectivity index (χ0) is 33.8. The summed E-state index contributed by atoms with van der Waals surface area (Å²) in [4.78, 5) is 43.7. The van der Waals surface area contributed by atoms with Crippen molar-refractivity contribution in [2.24, 2.45) is 5.41 Å². The van der Waals surface area contributed by atoms with Crippen molar-refractivity contribution < 1.29 is 23.5 Å². The van der Waals surface area contributed by atoms with E-state index in [-0.39, 0.29) is 35.0 Å². The molecule has 2 amide bonds. The Kier molecular flexibility index (Phi) is 10.7. The Labute approximate surface area is 273 Å². The summed E-state index contributed by atoms with van der Waals surface area (Å²) in [5, 5.41) is 3.09. The van der Waals surface area contributed by atoms with Crippen LogP contribution in [0.5, 0.6) is 0 Å². The molecule has 0 radical (unpaired) electrons. The van der Waals surface area contributed by atoms with E-state index in [1.54, 1.807) is 24.3 Å². The number of amides is 2. The number of Topliss-reactive ketones (excluding diaryl/α,β-unsaturated/α-hetero) is 1. The number of hydrogen-bond acceptors (Lipinski definition) is 5. The van der Waals surface area contributed by atoms with Gasteiger partial charge < -0.3 is 15.0 Å². The van der Waals surface area contributed by atoms with E-state index in [2.05, 4.69) is 43.1 Å². The first-order valence-electron chi connectivity index (χ1n) is 16.0. The number of carbonyl (C=O) groups excluding carboxylic acids is 3. The molecule has 8 heteroatoms. The number of nitrogens with zero attached hydrogens (tertiary/aromatic N) is 2. The van der Waals surface area contributed by atoms with Crippen LogP contribution in [0, 0.1) is 11.2 Å². The monoisotopic (exact) mass is 629 g/mol. The van der Waals surface area contributed by atoms with Crippen LogP contribution in [-0.2, 0) is 29.0 Å². The zero-order valence-electron chi connectivity index (χ0n) is 28.4. The Hall–Kier alpha value is -4.04. The van der Waals surface area contributed by atoms with Gasteiger partial charge in [0.15, 0.2) is 5.78 Å². The van der Waals surface area contributed by atoms with Crippen LogP contribution < -0.4 is 5.32 Å². The summed E-state index contributed by atoms with van der Waals surface area (Å²) < 4.78 is 19.5. The molecule has 0 spiro atoms. The minimum atomic E-state index is -0.644. The Morgan fingerprint density at radius 2 is 1.54 bits per heavy atom. The van der Waals surface area contributed by atoms with Gasteiger partial charge in [-0.1, -0.05) is 81.4 Å². The Morgan fingerprint density at radius 3 is 2.11 bits per heavy atom. The van der Waals surface area contributed by atoms with Gasteiger partial charge in [0.1, 0.15) is 11.4 Å². The Morgan fingerprint density at radius 1 is 0.935 bits per heavy atom. The number of fused-ring (bicyclic) bond motifs is 1. The second-order valence-electron chi connectivity index (χ2n) is 14.4. The molecule has 7 nitrogen and oxygen atoms in total. The maximum Gasteiger partial charge on any atom is 0.407 e. The molecule has 46 heavy (non-hydrogen) atoms. The van der Waals surface area contributed by atoms with E-state index in [1.165, 1.54) is 19.1 Å². The molecule has 3 atom stereocenters. The van der Waals surface area contributed by atoms with Gasteiger partial charge in [-0.15, -0.1) is 0 Å². The minimum absolute atomic E-state index is 0.0240. The quantitative estimate of drug-likeness (QED) is 0.248. The van der Waals surface area contributed by atoms with Crippen LogP contribution in [0.1, 0.15) is 94.0 Å². The number of hydrogen-bond donors (Lipinski definition) is 1. The van der Waals surface area contributed by atoms with Crippen LogP contribution in [0.25, 0.3) is 0 Å². The lowest BCUT2D eigenvalue weighted by Crippen LogP contribution is -2.58. The van der Waals surface area contributed by atoms with E-state index in [4.69, 9.17) is 4.74 Å². The molecule has 4 rings (SSSR count).